The van der Waals surface area contributed by atoms with Gasteiger partial charge < -0.3 is 28.9 Å². The molecule has 11 nitrogen and oxygen atoms in total. The van der Waals surface area contributed by atoms with Gasteiger partial charge in [0, 0.05) is 56.5 Å². The average molecular weight is 686 g/mol. The number of hydrogen-bond donors (Lipinski definition) is 0. The van der Waals surface area contributed by atoms with Gasteiger partial charge in [0.2, 0.25) is 5.95 Å². The third-order valence-corrected chi connectivity index (χ3v) is 9.70. The zero-order valence-electron chi connectivity index (χ0n) is 29.2. The molecule has 2 aromatic carbocycles. The molecule has 13 heteroatoms. The highest BCUT2D eigenvalue weighted by Gasteiger charge is 2.45. The number of nitrogens with zero attached hydrogens (tertiary/aromatic N) is 7. The number of terminal acetylenes is 1. The van der Waals surface area contributed by atoms with Crippen molar-refractivity contribution in [2.45, 2.75) is 57.3 Å². The van der Waals surface area contributed by atoms with Crippen molar-refractivity contribution in [2.75, 3.05) is 64.0 Å². The summed E-state index contributed by atoms with van der Waals surface area (Å²) in [4.78, 5) is 35.8. The number of ether oxygens (including phenoxy) is 3. The Hall–Kier alpha value is -4.80. The van der Waals surface area contributed by atoms with Crippen molar-refractivity contribution in [1.82, 2.24) is 24.8 Å². The number of aromatic nitrogens is 3. The van der Waals surface area contributed by atoms with Crippen molar-refractivity contribution in [3.8, 4) is 29.4 Å². The Kier molecular flexibility index (Phi) is 8.64. The van der Waals surface area contributed by atoms with E-state index in [0.717, 1.165) is 12.8 Å². The van der Waals surface area contributed by atoms with Crippen molar-refractivity contribution in [2.24, 2.45) is 0 Å². The van der Waals surface area contributed by atoms with Crippen LogP contribution in [-0.4, -0.2) is 109 Å². The molecule has 0 N–H and O–H groups in total. The molecule has 4 aromatic rings. The van der Waals surface area contributed by atoms with Crippen LogP contribution in [0.1, 0.15) is 39.2 Å². The molecule has 3 saturated heterocycles. The van der Waals surface area contributed by atoms with E-state index in [1.54, 1.807) is 24.4 Å². The number of rotatable bonds is 7. The highest BCUT2D eigenvalue weighted by molar-refractivity contribution is 6.03. The second-order valence-electron chi connectivity index (χ2n) is 14.4. The minimum Gasteiger partial charge on any atom is -0.468 e. The number of pyridine rings is 1. The van der Waals surface area contributed by atoms with Gasteiger partial charge in [0.15, 0.2) is 12.6 Å². The maximum Gasteiger partial charge on any atom is 0.410 e. The largest absolute Gasteiger partial charge is 0.468 e. The normalized spacial score (nSPS) is 19.3. The van der Waals surface area contributed by atoms with Crippen LogP contribution in [0, 0.1) is 24.0 Å². The monoisotopic (exact) mass is 685 g/mol. The number of anilines is 2. The molecule has 2 aromatic heterocycles. The Balaban J connectivity index is 1.36. The fraction of sp³-hybridized carbons (Fsp3) is 0.459. The first-order valence-corrected chi connectivity index (χ1v) is 16.8. The Bertz CT molecular complexity index is 2010. The molecule has 2 bridgehead atoms. The number of halogens is 2. The lowest BCUT2D eigenvalue weighted by atomic mass is 9.95. The van der Waals surface area contributed by atoms with Crippen molar-refractivity contribution >= 4 is 39.5 Å². The highest BCUT2D eigenvalue weighted by atomic mass is 19.1. The van der Waals surface area contributed by atoms with Crippen LogP contribution in [0.15, 0.2) is 30.5 Å². The predicted octanol–water partition coefficient (Wildman–Crippen LogP) is 5.43. The molecule has 262 valence electrons. The quantitative estimate of drug-likeness (QED) is 0.185. The number of benzene rings is 2. The molecular formula is C37H41F2N7O4. The van der Waals surface area contributed by atoms with Crippen LogP contribution < -0.4 is 14.5 Å². The molecule has 0 unspecified atom stereocenters. The number of amides is 1. The van der Waals surface area contributed by atoms with Crippen molar-refractivity contribution in [1.29, 1.82) is 0 Å². The Morgan fingerprint density at radius 2 is 1.78 bits per heavy atom. The number of piperazine rings is 1. The van der Waals surface area contributed by atoms with Crippen LogP contribution in [0.25, 0.3) is 32.9 Å². The number of carbonyl (C=O) groups excluding carboxylic acids is 1. The van der Waals surface area contributed by atoms with Crippen molar-refractivity contribution < 1.29 is 27.8 Å². The number of fused-ring (bicyclic) bond motifs is 4. The lowest BCUT2D eigenvalue weighted by Gasteiger charge is -2.44. The summed E-state index contributed by atoms with van der Waals surface area (Å²) in [5.74, 6) is 2.48. The summed E-state index contributed by atoms with van der Waals surface area (Å²) in [6.45, 7) is 7.90. The molecule has 3 aliphatic rings. The summed E-state index contributed by atoms with van der Waals surface area (Å²) in [5, 5.41) is 1.33. The Morgan fingerprint density at radius 3 is 2.42 bits per heavy atom. The summed E-state index contributed by atoms with van der Waals surface area (Å²) in [7, 11) is 5.54. The van der Waals surface area contributed by atoms with Gasteiger partial charge in [-0.1, -0.05) is 12.0 Å². The molecule has 3 aliphatic heterocycles. The summed E-state index contributed by atoms with van der Waals surface area (Å²) < 4.78 is 48.8. The summed E-state index contributed by atoms with van der Waals surface area (Å²) in [5.41, 5.74) is -0.313. The lowest BCUT2D eigenvalue weighted by Crippen LogP contribution is -2.58. The van der Waals surface area contributed by atoms with Crippen LogP contribution in [-0.2, 0) is 9.47 Å². The van der Waals surface area contributed by atoms with E-state index < -0.39 is 17.2 Å². The molecule has 0 spiro atoms. The molecule has 2 atom stereocenters. The third-order valence-electron chi connectivity index (χ3n) is 9.70. The number of carbonyl (C=O) groups is 1. The van der Waals surface area contributed by atoms with Gasteiger partial charge in [-0.3, -0.25) is 9.88 Å². The summed E-state index contributed by atoms with van der Waals surface area (Å²) in [6.07, 6.45) is 8.68. The van der Waals surface area contributed by atoms with E-state index >= 15 is 8.78 Å². The van der Waals surface area contributed by atoms with Gasteiger partial charge in [0.25, 0.3) is 0 Å². The van der Waals surface area contributed by atoms with Crippen LogP contribution in [0.4, 0.5) is 25.3 Å². The molecule has 0 radical (unpaired) electrons. The maximum absolute atomic E-state index is 17.1. The zero-order valence-corrected chi connectivity index (χ0v) is 29.2. The smallest absolute Gasteiger partial charge is 0.410 e. The van der Waals surface area contributed by atoms with Crippen LogP contribution >= 0.6 is 0 Å². The molecule has 7 rings (SSSR count). The van der Waals surface area contributed by atoms with E-state index in [4.69, 9.17) is 30.6 Å². The molecule has 5 heterocycles. The second kappa shape index (κ2) is 12.8. The zero-order chi connectivity index (χ0) is 35.5. The SMILES string of the molecule is C#Cc1c(F)ccc2cc(OCOC)cc(-c3ncc4c(N5C[C@H]6CC[C@@H](C5)N6C(=O)OC(C)(C)C)nc(N5CC(N(C)C)C5)nc4c3F)c12. The third kappa shape index (κ3) is 6.00. The van der Waals surface area contributed by atoms with Gasteiger partial charge in [0.1, 0.15) is 34.2 Å². The van der Waals surface area contributed by atoms with Crippen LogP contribution in [0.5, 0.6) is 5.75 Å². The molecule has 3 fully saturated rings. The highest BCUT2D eigenvalue weighted by Crippen LogP contribution is 2.41. The standard InChI is InChI=1S/C37H41F2N7O4/c1-8-26-29(38)12-9-21-13-25(49-20-48-7)14-27(30(21)26)32-31(39)33-28(15-40-32)34(42-35(41-33)45-18-24(19-45)43(5)6)44-16-22-10-11-23(17-44)46(22)36(47)50-37(2,3)4/h1,9,12-15,22-24H,10-11,16-20H2,2-7H3/t22-,23+. The fourth-order valence-corrected chi connectivity index (χ4v) is 7.19. The molecular weight excluding hydrogens is 644 g/mol. The second-order valence-corrected chi connectivity index (χ2v) is 14.4. The van der Waals surface area contributed by atoms with Gasteiger partial charge in [-0.15, -0.1) is 6.42 Å². The van der Waals surface area contributed by atoms with E-state index in [1.165, 1.54) is 13.2 Å². The summed E-state index contributed by atoms with van der Waals surface area (Å²) >= 11 is 0. The van der Waals surface area contributed by atoms with Crippen LogP contribution in [0.3, 0.4) is 0 Å². The van der Waals surface area contributed by atoms with E-state index in [1.807, 2.05) is 44.7 Å². The molecule has 0 aliphatic carbocycles. The predicted molar refractivity (Wildman–Crippen MR) is 187 cm³/mol. The summed E-state index contributed by atoms with van der Waals surface area (Å²) in [6, 6.07) is 6.27. The molecule has 1 amide bonds. The van der Waals surface area contributed by atoms with Gasteiger partial charge in [-0.05, 0) is 71.3 Å². The average Bonchev–Trinajstić information content (AvgIpc) is 3.31. The van der Waals surface area contributed by atoms with E-state index in [9.17, 15) is 4.79 Å². The lowest BCUT2D eigenvalue weighted by molar-refractivity contribution is 0.0123. The number of methoxy groups -OCH3 is 1. The topological polar surface area (TPSA) is 96.4 Å². The van der Waals surface area contributed by atoms with Gasteiger partial charge in [0.05, 0.1) is 23.0 Å². The fourth-order valence-electron chi connectivity index (χ4n) is 7.19. The molecule has 50 heavy (non-hydrogen) atoms. The minimum atomic E-state index is -0.690. The van der Waals surface area contributed by atoms with Gasteiger partial charge in [-0.2, -0.15) is 4.98 Å². The first-order valence-electron chi connectivity index (χ1n) is 16.8. The Labute approximate surface area is 290 Å². The van der Waals surface area contributed by atoms with E-state index in [-0.39, 0.29) is 47.3 Å². The Morgan fingerprint density at radius 1 is 1.06 bits per heavy atom. The first-order chi connectivity index (χ1) is 23.9. The minimum absolute atomic E-state index is 0.00482. The van der Waals surface area contributed by atoms with Crippen molar-refractivity contribution in [3.05, 3.63) is 47.7 Å². The maximum atomic E-state index is 17.1. The van der Waals surface area contributed by atoms with Gasteiger partial charge >= 0.3 is 6.09 Å². The van der Waals surface area contributed by atoms with E-state index in [2.05, 4.69) is 20.7 Å². The molecule has 0 saturated carbocycles. The van der Waals surface area contributed by atoms with Crippen LogP contribution in [0.2, 0.25) is 0 Å². The van der Waals surface area contributed by atoms with Crippen molar-refractivity contribution in [3.63, 3.8) is 0 Å². The van der Waals surface area contributed by atoms with Gasteiger partial charge in [-0.25, -0.2) is 18.6 Å². The number of likely N-dealkylation sites (N-methyl/N-ethyl adjacent to an activating group) is 1. The first kappa shape index (κ1) is 33.7. The van der Waals surface area contributed by atoms with E-state index in [0.29, 0.717) is 65.9 Å². The number of hydrogen-bond acceptors (Lipinski definition) is 10.